The van der Waals surface area contributed by atoms with Crippen molar-refractivity contribution >= 4 is 0 Å². The molecule has 2 fully saturated rings. The normalized spacial score (nSPS) is 29.2. The Labute approximate surface area is 247 Å². The fourth-order valence-electron chi connectivity index (χ4n) is 5.31. The second kappa shape index (κ2) is 15.7. The Kier molecular flexibility index (Phi) is 11.5. The van der Waals surface area contributed by atoms with E-state index >= 15 is 0 Å². The monoisotopic (exact) mass is 580 g/mol. The van der Waals surface area contributed by atoms with Gasteiger partial charge in [-0.05, 0) is 16.7 Å². The van der Waals surface area contributed by atoms with E-state index in [9.17, 15) is 5.11 Å². The number of methoxy groups -OCH3 is 2. The SMILES string of the molecule is CO[C@@H]1[C@H](OC)C(CO[C@@H]2O[C@H](COCc3ccccc3)[C@@H](OCc3ccccc3)[C@H]2OCc2ccccc2)O[C@@H]1O. The molecule has 0 radical (unpaired) electrons. The van der Waals surface area contributed by atoms with Crippen LogP contribution in [-0.4, -0.2) is 81.7 Å². The lowest BCUT2D eigenvalue weighted by Gasteiger charge is -2.26. The van der Waals surface area contributed by atoms with Gasteiger partial charge in [-0.15, -0.1) is 0 Å². The Hall–Kier alpha value is -2.70. The Morgan fingerprint density at radius 1 is 0.548 bits per heavy atom. The van der Waals surface area contributed by atoms with Crippen LogP contribution in [0, 0.1) is 0 Å². The van der Waals surface area contributed by atoms with Crippen LogP contribution in [0.15, 0.2) is 91.0 Å². The number of aliphatic hydroxyl groups excluding tert-OH is 1. The molecule has 9 nitrogen and oxygen atoms in total. The summed E-state index contributed by atoms with van der Waals surface area (Å²) in [4.78, 5) is 0. The van der Waals surface area contributed by atoms with Crippen LogP contribution in [0.3, 0.4) is 0 Å². The molecule has 1 N–H and O–H groups in total. The number of benzene rings is 3. The fourth-order valence-corrected chi connectivity index (χ4v) is 5.31. The van der Waals surface area contributed by atoms with E-state index in [0.717, 1.165) is 16.7 Å². The van der Waals surface area contributed by atoms with Crippen molar-refractivity contribution in [3.05, 3.63) is 108 Å². The fraction of sp³-hybridized carbons (Fsp3) is 0.455. The molecule has 0 amide bonds. The van der Waals surface area contributed by atoms with Crippen LogP contribution in [0.2, 0.25) is 0 Å². The average Bonchev–Trinajstić information content (AvgIpc) is 3.53. The molecule has 2 aliphatic rings. The third kappa shape index (κ3) is 8.02. The van der Waals surface area contributed by atoms with Gasteiger partial charge in [0.15, 0.2) is 12.6 Å². The van der Waals surface area contributed by atoms with E-state index in [4.69, 9.17) is 37.9 Å². The van der Waals surface area contributed by atoms with Gasteiger partial charge in [-0.25, -0.2) is 0 Å². The highest BCUT2D eigenvalue weighted by Gasteiger charge is 2.49. The first kappa shape index (κ1) is 30.7. The molecule has 8 atom stereocenters. The van der Waals surface area contributed by atoms with Gasteiger partial charge in [0.25, 0.3) is 0 Å². The molecule has 3 aromatic rings. The van der Waals surface area contributed by atoms with E-state index in [1.807, 2.05) is 91.0 Å². The molecule has 2 aliphatic heterocycles. The molecule has 0 aliphatic carbocycles. The smallest absolute Gasteiger partial charge is 0.187 e. The highest BCUT2D eigenvalue weighted by Crippen LogP contribution is 2.32. The lowest BCUT2D eigenvalue weighted by Crippen LogP contribution is -2.41. The van der Waals surface area contributed by atoms with Crippen LogP contribution in [0.25, 0.3) is 0 Å². The van der Waals surface area contributed by atoms with Crippen LogP contribution >= 0.6 is 0 Å². The molecular weight excluding hydrogens is 540 g/mol. The maximum atomic E-state index is 10.3. The molecule has 9 heteroatoms. The van der Waals surface area contributed by atoms with Crippen LogP contribution in [0.4, 0.5) is 0 Å². The summed E-state index contributed by atoms with van der Waals surface area (Å²) in [5.41, 5.74) is 3.12. The molecule has 2 heterocycles. The summed E-state index contributed by atoms with van der Waals surface area (Å²) in [5, 5.41) is 10.3. The molecule has 0 bridgehead atoms. The summed E-state index contributed by atoms with van der Waals surface area (Å²) in [6.07, 6.45) is -5.10. The minimum Gasteiger partial charge on any atom is -0.376 e. The summed E-state index contributed by atoms with van der Waals surface area (Å²) in [6, 6.07) is 29.9. The molecule has 2 saturated heterocycles. The number of aliphatic hydroxyl groups is 1. The molecule has 1 unspecified atom stereocenters. The highest BCUT2D eigenvalue weighted by atomic mass is 16.7. The van der Waals surface area contributed by atoms with Gasteiger partial charge in [-0.3, -0.25) is 0 Å². The Morgan fingerprint density at radius 3 is 1.60 bits per heavy atom. The summed E-state index contributed by atoms with van der Waals surface area (Å²) in [6.45, 7) is 1.54. The molecule has 0 spiro atoms. The van der Waals surface area contributed by atoms with Gasteiger partial charge in [-0.2, -0.15) is 0 Å². The van der Waals surface area contributed by atoms with Crippen LogP contribution < -0.4 is 0 Å². The van der Waals surface area contributed by atoms with Crippen LogP contribution in [-0.2, 0) is 57.7 Å². The lowest BCUT2D eigenvalue weighted by atomic mass is 10.1. The standard InChI is InChI=1S/C33H40O9/c1-35-28-27(41-32(34)30(28)36-2)22-40-33-31(39-20-25-16-10-5-11-17-25)29(38-19-24-14-8-4-9-15-24)26(42-33)21-37-18-23-12-6-3-7-13-23/h3-17,26-34H,18-22H2,1-2H3/t26-,27?,28-,29-,30-,31-,32+,33-/m1/s1. The largest absolute Gasteiger partial charge is 0.376 e. The van der Waals surface area contributed by atoms with E-state index < -0.39 is 49.2 Å². The second-order valence-electron chi connectivity index (χ2n) is 10.4. The summed E-state index contributed by atoms with van der Waals surface area (Å²) in [7, 11) is 3.06. The number of ether oxygens (including phenoxy) is 8. The first-order valence-electron chi connectivity index (χ1n) is 14.2. The van der Waals surface area contributed by atoms with Crippen molar-refractivity contribution in [2.24, 2.45) is 0 Å². The second-order valence-corrected chi connectivity index (χ2v) is 10.4. The highest BCUT2D eigenvalue weighted by molar-refractivity contribution is 5.15. The minimum absolute atomic E-state index is 0.0916. The molecule has 5 rings (SSSR count). The number of rotatable bonds is 15. The third-order valence-corrected chi connectivity index (χ3v) is 7.49. The van der Waals surface area contributed by atoms with Gasteiger partial charge in [0, 0.05) is 14.2 Å². The third-order valence-electron chi connectivity index (χ3n) is 7.49. The maximum Gasteiger partial charge on any atom is 0.187 e. The van der Waals surface area contributed by atoms with Gasteiger partial charge in [-0.1, -0.05) is 91.0 Å². The number of hydrogen-bond donors (Lipinski definition) is 1. The van der Waals surface area contributed by atoms with Crippen molar-refractivity contribution in [2.75, 3.05) is 27.4 Å². The lowest BCUT2D eigenvalue weighted by molar-refractivity contribution is -0.208. The first-order chi connectivity index (χ1) is 20.7. The molecule has 226 valence electrons. The van der Waals surface area contributed by atoms with Gasteiger partial charge < -0.3 is 43.0 Å². The van der Waals surface area contributed by atoms with E-state index in [-0.39, 0.29) is 13.2 Å². The number of hydrogen-bond acceptors (Lipinski definition) is 9. The first-order valence-corrected chi connectivity index (χ1v) is 14.2. The van der Waals surface area contributed by atoms with Gasteiger partial charge >= 0.3 is 0 Å². The molecule has 0 saturated carbocycles. The van der Waals surface area contributed by atoms with E-state index in [1.165, 1.54) is 7.11 Å². The molecule has 0 aromatic heterocycles. The van der Waals surface area contributed by atoms with Gasteiger partial charge in [0.1, 0.15) is 36.6 Å². The predicted octanol–water partition coefficient (Wildman–Crippen LogP) is 3.86. The topological polar surface area (TPSA) is 94.1 Å². The zero-order valence-electron chi connectivity index (χ0n) is 24.0. The Morgan fingerprint density at radius 2 is 1.05 bits per heavy atom. The molecular formula is C33H40O9. The zero-order valence-corrected chi connectivity index (χ0v) is 24.0. The predicted molar refractivity (Wildman–Crippen MR) is 153 cm³/mol. The summed E-state index contributed by atoms with van der Waals surface area (Å²) >= 11 is 0. The van der Waals surface area contributed by atoms with Crippen molar-refractivity contribution in [3.63, 3.8) is 0 Å². The van der Waals surface area contributed by atoms with E-state index in [2.05, 4.69) is 0 Å². The summed E-state index contributed by atoms with van der Waals surface area (Å²) < 4.78 is 48.4. The van der Waals surface area contributed by atoms with Crippen LogP contribution in [0.1, 0.15) is 16.7 Å². The van der Waals surface area contributed by atoms with Crippen molar-refractivity contribution < 1.29 is 43.0 Å². The van der Waals surface area contributed by atoms with Crippen molar-refractivity contribution in [1.29, 1.82) is 0 Å². The quantitative estimate of drug-likeness (QED) is 0.288. The van der Waals surface area contributed by atoms with Crippen LogP contribution in [0.5, 0.6) is 0 Å². The molecule has 3 aromatic carbocycles. The Balaban J connectivity index is 1.31. The van der Waals surface area contributed by atoms with Crippen molar-refractivity contribution in [1.82, 2.24) is 0 Å². The van der Waals surface area contributed by atoms with Gasteiger partial charge in [0.2, 0.25) is 0 Å². The maximum absolute atomic E-state index is 10.3. The average molecular weight is 581 g/mol. The van der Waals surface area contributed by atoms with Crippen molar-refractivity contribution in [3.8, 4) is 0 Å². The Bertz CT molecular complexity index is 1170. The minimum atomic E-state index is -1.12. The summed E-state index contributed by atoms with van der Waals surface area (Å²) in [5.74, 6) is 0. The van der Waals surface area contributed by atoms with E-state index in [1.54, 1.807) is 7.11 Å². The van der Waals surface area contributed by atoms with Gasteiger partial charge in [0.05, 0.1) is 33.0 Å². The van der Waals surface area contributed by atoms with E-state index in [0.29, 0.717) is 19.8 Å². The van der Waals surface area contributed by atoms with Crippen molar-refractivity contribution in [2.45, 2.75) is 69.0 Å². The zero-order chi connectivity index (χ0) is 29.1. The molecule has 42 heavy (non-hydrogen) atoms.